The van der Waals surface area contributed by atoms with Crippen LogP contribution < -0.4 is 15.6 Å². The minimum atomic E-state index is -3.79. The molecule has 2 rings (SSSR count). The summed E-state index contributed by atoms with van der Waals surface area (Å²) in [6.07, 6.45) is 0.557. The molecule has 0 saturated carbocycles. The van der Waals surface area contributed by atoms with Crippen molar-refractivity contribution in [2.45, 2.75) is 29.7 Å². The lowest BCUT2D eigenvalue weighted by Crippen LogP contribution is -2.15. The molecule has 0 unspecified atom stereocenters. The van der Waals surface area contributed by atoms with E-state index in [1.165, 1.54) is 18.2 Å². The maximum absolute atomic E-state index is 11.7. The molecule has 0 atom stereocenters. The van der Waals surface area contributed by atoms with Crippen molar-refractivity contribution in [2.24, 2.45) is 10.3 Å². The van der Waals surface area contributed by atoms with E-state index in [4.69, 9.17) is 10.3 Å². The van der Waals surface area contributed by atoms with Gasteiger partial charge in [0, 0.05) is 12.2 Å². The lowest BCUT2D eigenvalue weighted by atomic mass is 10.1. The van der Waals surface area contributed by atoms with Crippen molar-refractivity contribution in [1.82, 2.24) is 0 Å². The number of hydrogen-bond acceptors (Lipinski definition) is 5. The monoisotopic (exact) mass is 369 g/mol. The maximum Gasteiger partial charge on any atom is 0.238 e. The van der Waals surface area contributed by atoms with Crippen LogP contribution >= 0.6 is 0 Å². The number of rotatable bonds is 6. The van der Waals surface area contributed by atoms with Gasteiger partial charge in [-0.2, -0.15) is 0 Å². The number of sulfonamides is 2. The number of aryl methyl sites for hydroxylation is 1. The third kappa shape index (κ3) is 4.54. The van der Waals surface area contributed by atoms with Crippen LogP contribution in [0.1, 0.15) is 18.1 Å². The second-order valence-electron chi connectivity index (χ2n) is 5.26. The highest BCUT2D eigenvalue weighted by Crippen LogP contribution is 2.21. The number of nitrogens with two attached hydrogens (primary N) is 2. The van der Waals surface area contributed by atoms with Gasteiger partial charge in [-0.3, -0.25) is 0 Å². The summed E-state index contributed by atoms with van der Waals surface area (Å²) in [5, 5.41) is 13.4. The fourth-order valence-electron chi connectivity index (χ4n) is 2.22. The third-order valence-corrected chi connectivity index (χ3v) is 5.43. The fourth-order valence-corrected chi connectivity index (χ4v) is 3.61. The van der Waals surface area contributed by atoms with Crippen LogP contribution in [0.5, 0.6) is 0 Å². The minimum absolute atomic E-state index is 0.0371. The zero-order chi connectivity index (χ0) is 18.0. The van der Waals surface area contributed by atoms with Crippen LogP contribution in [0.15, 0.2) is 52.3 Å². The Kier molecular flexibility index (Phi) is 5.29. The zero-order valence-electron chi connectivity index (χ0n) is 13.1. The highest BCUT2D eigenvalue weighted by atomic mass is 32.2. The molecule has 2 aromatic carbocycles. The molecule has 0 aliphatic heterocycles. The normalized spacial score (nSPS) is 12.1. The average Bonchev–Trinajstić information content (AvgIpc) is 2.51. The van der Waals surface area contributed by atoms with Crippen LogP contribution in [0.25, 0.3) is 0 Å². The quantitative estimate of drug-likeness (QED) is 0.703. The summed E-state index contributed by atoms with van der Waals surface area (Å²) in [7, 11) is -7.51. The molecule has 0 heterocycles. The van der Waals surface area contributed by atoms with Gasteiger partial charge in [0.1, 0.15) is 0 Å². The zero-order valence-corrected chi connectivity index (χ0v) is 14.7. The van der Waals surface area contributed by atoms with Crippen molar-refractivity contribution in [3.63, 3.8) is 0 Å². The maximum atomic E-state index is 11.7. The number of anilines is 1. The largest absolute Gasteiger partial charge is 0.381 e. The van der Waals surface area contributed by atoms with Gasteiger partial charge in [0.15, 0.2) is 0 Å². The molecule has 7 nitrogen and oxygen atoms in total. The Balaban J connectivity index is 2.18. The van der Waals surface area contributed by atoms with Gasteiger partial charge in [-0.25, -0.2) is 27.1 Å². The van der Waals surface area contributed by atoms with Crippen molar-refractivity contribution >= 4 is 25.7 Å². The molecule has 2 aromatic rings. The summed E-state index contributed by atoms with van der Waals surface area (Å²) in [6.45, 7) is 2.24. The van der Waals surface area contributed by atoms with Crippen molar-refractivity contribution in [2.75, 3.05) is 5.32 Å². The molecule has 24 heavy (non-hydrogen) atoms. The lowest BCUT2D eigenvalue weighted by molar-refractivity contribution is 0.595. The van der Waals surface area contributed by atoms with E-state index in [1.54, 1.807) is 24.3 Å². The highest BCUT2D eigenvalue weighted by molar-refractivity contribution is 7.89. The molecule has 0 amide bonds. The lowest BCUT2D eigenvalue weighted by Gasteiger charge is -2.11. The molecule has 5 N–H and O–H groups in total. The van der Waals surface area contributed by atoms with Gasteiger partial charge in [-0.15, -0.1) is 0 Å². The van der Waals surface area contributed by atoms with Crippen LogP contribution in [0, 0.1) is 0 Å². The Morgan fingerprint density at radius 2 is 1.54 bits per heavy atom. The van der Waals surface area contributed by atoms with Gasteiger partial charge >= 0.3 is 0 Å². The molecule has 0 bridgehead atoms. The molecule has 0 saturated heterocycles. The van der Waals surface area contributed by atoms with E-state index in [9.17, 15) is 16.8 Å². The second-order valence-corrected chi connectivity index (χ2v) is 8.35. The van der Waals surface area contributed by atoms with Crippen LogP contribution in [0.3, 0.4) is 0 Å². The summed E-state index contributed by atoms with van der Waals surface area (Å²) in [5.74, 6) is 0. The standard InChI is InChI=1S/C15H19N3O4S2/c1-2-12-5-6-13(9-15(12)24(17,21)22)18-10-11-3-7-14(8-4-11)23(16,19)20/h3-9,18H,2,10H2,1H3,(H2,16,19,20)(H2,17,21,22). The molecule has 0 aromatic heterocycles. The summed E-state index contributed by atoms with van der Waals surface area (Å²) in [6, 6.07) is 11.1. The van der Waals surface area contributed by atoms with Crippen molar-refractivity contribution in [1.29, 1.82) is 0 Å². The Morgan fingerprint density at radius 3 is 2.04 bits per heavy atom. The minimum Gasteiger partial charge on any atom is -0.381 e. The molecule has 0 radical (unpaired) electrons. The molecule has 0 aliphatic carbocycles. The highest BCUT2D eigenvalue weighted by Gasteiger charge is 2.13. The summed E-state index contributed by atoms with van der Waals surface area (Å²) in [4.78, 5) is 0.134. The molecular formula is C15H19N3O4S2. The summed E-state index contributed by atoms with van der Waals surface area (Å²) < 4.78 is 45.7. The van der Waals surface area contributed by atoms with E-state index in [2.05, 4.69) is 5.32 Å². The second kappa shape index (κ2) is 6.89. The van der Waals surface area contributed by atoms with E-state index in [0.717, 1.165) is 5.56 Å². The van der Waals surface area contributed by atoms with Crippen molar-refractivity contribution in [3.8, 4) is 0 Å². The first-order valence-electron chi connectivity index (χ1n) is 7.12. The first kappa shape index (κ1) is 18.4. The number of hydrogen-bond donors (Lipinski definition) is 3. The molecule has 0 aliphatic rings. The Labute approximate surface area is 141 Å². The van der Waals surface area contributed by atoms with E-state index in [-0.39, 0.29) is 9.79 Å². The van der Waals surface area contributed by atoms with E-state index in [1.807, 2.05) is 6.92 Å². The number of benzene rings is 2. The molecule has 0 fully saturated rings. The predicted molar refractivity (Wildman–Crippen MR) is 92.3 cm³/mol. The molecule has 130 valence electrons. The summed E-state index contributed by atoms with van der Waals surface area (Å²) >= 11 is 0. The third-order valence-electron chi connectivity index (χ3n) is 3.50. The topological polar surface area (TPSA) is 132 Å². The summed E-state index contributed by atoms with van der Waals surface area (Å²) in [5.41, 5.74) is 2.08. The van der Waals surface area contributed by atoms with Gasteiger partial charge in [-0.1, -0.05) is 25.1 Å². The van der Waals surface area contributed by atoms with Crippen LogP contribution in [-0.4, -0.2) is 16.8 Å². The SMILES string of the molecule is CCc1ccc(NCc2ccc(S(N)(=O)=O)cc2)cc1S(N)(=O)=O. The van der Waals surface area contributed by atoms with Gasteiger partial charge in [0.25, 0.3) is 0 Å². The molecule has 9 heteroatoms. The van der Waals surface area contributed by atoms with Gasteiger partial charge in [-0.05, 0) is 41.8 Å². The Bertz CT molecular complexity index is 937. The first-order chi connectivity index (χ1) is 11.1. The number of nitrogens with one attached hydrogen (secondary N) is 1. The van der Waals surface area contributed by atoms with E-state index in [0.29, 0.717) is 24.2 Å². The van der Waals surface area contributed by atoms with Gasteiger partial charge in [0.2, 0.25) is 20.0 Å². The van der Waals surface area contributed by atoms with Crippen molar-refractivity contribution in [3.05, 3.63) is 53.6 Å². The molecule has 0 spiro atoms. The predicted octanol–water partition coefficient (Wildman–Crippen LogP) is 1.16. The average molecular weight is 369 g/mol. The van der Waals surface area contributed by atoms with E-state index < -0.39 is 20.0 Å². The number of primary sulfonamides is 2. The Hall–Kier alpha value is -1.94. The smallest absolute Gasteiger partial charge is 0.238 e. The van der Waals surface area contributed by atoms with Crippen LogP contribution in [0.2, 0.25) is 0 Å². The Morgan fingerprint density at radius 1 is 0.917 bits per heavy atom. The van der Waals surface area contributed by atoms with Gasteiger partial charge < -0.3 is 5.32 Å². The van der Waals surface area contributed by atoms with Crippen LogP contribution in [0.4, 0.5) is 5.69 Å². The van der Waals surface area contributed by atoms with Gasteiger partial charge in [0.05, 0.1) is 9.79 Å². The van der Waals surface area contributed by atoms with Crippen molar-refractivity contribution < 1.29 is 16.8 Å². The van der Waals surface area contributed by atoms with E-state index >= 15 is 0 Å². The fraction of sp³-hybridized carbons (Fsp3) is 0.200. The molecular weight excluding hydrogens is 350 g/mol. The van der Waals surface area contributed by atoms with Crippen LogP contribution in [-0.2, 0) is 33.0 Å². The first-order valence-corrected chi connectivity index (χ1v) is 10.2.